The number of carbonyl (C=O) groups is 2. The average molecular weight is 473 g/mol. The summed E-state index contributed by atoms with van der Waals surface area (Å²) in [6.45, 7) is 10.8. The summed E-state index contributed by atoms with van der Waals surface area (Å²) in [6, 6.07) is 10.9. The molecule has 2 aromatic carbocycles. The van der Waals surface area contributed by atoms with Gasteiger partial charge in [0, 0.05) is 38.4 Å². The van der Waals surface area contributed by atoms with Gasteiger partial charge in [0.25, 0.3) is 5.91 Å². The van der Waals surface area contributed by atoms with Gasteiger partial charge in [-0.15, -0.1) is 0 Å². The van der Waals surface area contributed by atoms with Gasteiger partial charge in [-0.3, -0.25) is 14.5 Å². The summed E-state index contributed by atoms with van der Waals surface area (Å²) < 4.78 is 27.8. The molecule has 0 radical (unpaired) electrons. The molecule has 0 aromatic heterocycles. The first-order valence-electron chi connectivity index (χ1n) is 11.8. The Labute approximate surface area is 200 Å². The fraction of sp³-hybridized carbons (Fsp3) is 0.462. The minimum Gasteiger partial charge on any atom is -0.369 e. The first-order valence-corrected chi connectivity index (χ1v) is 11.8. The summed E-state index contributed by atoms with van der Waals surface area (Å²) in [7, 11) is 0. The van der Waals surface area contributed by atoms with Crippen molar-refractivity contribution >= 4 is 17.5 Å². The molecule has 2 aromatic rings. The van der Waals surface area contributed by atoms with Crippen LogP contribution in [-0.4, -0.2) is 62.0 Å². The molecule has 6 nitrogen and oxygen atoms in total. The van der Waals surface area contributed by atoms with Crippen molar-refractivity contribution < 1.29 is 18.4 Å². The van der Waals surface area contributed by atoms with Crippen molar-refractivity contribution in [2.45, 2.75) is 33.2 Å². The van der Waals surface area contributed by atoms with Crippen LogP contribution in [0.25, 0.3) is 0 Å². The zero-order valence-corrected chi connectivity index (χ0v) is 20.1. The zero-order valence-electron chi connectivity index (χ0n) is 20.1. The van der Waals surface area contributed by atoms with E-state index < -0.39 is 29.1 Å². The van der Waals surface area contributed by atoms with Gasteiger partial charge in [0.2, 0.25) is 5.91 Å². The summed E-state index contributed by atoms with van der Waals surface area (Å²) >= 11 is 0. The third-order valence-electron chi connectivity index (χ3n) is 6.12. The first-order chi connectivity index (χ1) is 16.3. The van der Waals surface area contributed by atoms with Gasteiger partial charge in [-0.25, -0.2) is 8.78 Å². The van der Waals surface area contributed by atoms with Gasteiger partial charge in [0.05, 0.1) is 0 Å². The molecule has 3 rings (SSSR count). The maximum absolute atomic E-state index is 13.9. The number of carbonyl (C=O) groups excluding carboxylic acids is 2. The lowest BCUT2D eigenvalue weighted by Gasteiger charge is -2.36. The fourth-order valence-corrected chi connectivity index (χ4v) is 4.14. The minimum absolute atomic E-state index is 0.242. The van der Waals surface area contributed by atoms with Gasteiger partial charge in [-0.2, -0.15) is 0 Å². The molecule has 0 saturated carbocycles. The predicted octanol–water partition coefficient (Wildman–Crippen LogP) is 3.36. The number of nitrogens with one attached hydrogen (secondary N) is 2. The number of nitrogens with zero attached hydrogens (tertiary/aromatic N) is 2. The second-order valence-corrected chi connectivity index (χ2v) is 9.10. The maximum Gasteiger partial charge on any atom is 0.257 e. The number of benzene rings is 2. The standard InChI is InChI=1S/C26H34F2N4O2/c1-18(2)24(30-25(33)23-21(27)9-5-10-22(23)28)26(34)29-11-6-12-31-13-15-32(16-14-31)20-8-4-7-19(3)17-20/h4-5,7-10,17-18,24H,6,11-16H2,1-3H3,(H,29,34)(H,30,33)/t24-/m0/s1. The van der Waals surface area contributed by atoms with Crippen LogP contribution < -0.4 is 15.5 Å². The van der Waals surface area contributed by atoms with E-state index in [-0.39, 0.29) is 11.8 Å². The van der Waals surface area contributed by atoms with Crippen LogP contribution in [0.3, 0.4) is 0 Å². The van der Waals surface area contributed by atoms with E-state index in [2.05, 4.69) is 51.6 Å². The Kier molecular flexibility index (Phi) is 8.98. The highest BCUT2D eigenvalue weighted by molar-refractivity contribution is 5.98. The molecule has 8 heteroatoms. The maximum atomic E-state index is 13.9. The third-order valence-corrected chi connectivity index (χ3v) is 6.12. The summed E-state index contributed by atoms with van der Waals surface area (Å²) in [6.07, 6.45) is 0.775. The van der Waals surface area contributed by atoms with Crippen LogP contribution in [0.5, 0.6) is 0 Å². The first kappa shape index (κ1) is 25.6. The van der Waals surface area contributed by atoms with Crippen LogP contribution in [0.2, 0.25) is 0 Å². The smallest absolute Gasteiger partial charge is 0.257 e. The highest BCUT2D eigenvalue weighted by Crippen LogP contribution is 2.18. The Hall–Kier alpha value is -3.00. The second-order valence-electron chi connectivity index (χ2n) is 9.10. The van der Waals surface area contributed by atoms with Crippen LogP contribution in [0, 0.1) is 24.5 Å². The van der Waals surface area contributed by atoms with Crippen molar-refractivity contribution in [2.75, 3.05) is 44.2 Å². The topological polar surface area (TPSA) is 64.7 Å². The third kappa shape index (κ3) is 6.76. The van der Waals surface area contributed by atoms with E-state index in [1.807, 2.05) is 0 Å². The highest BCUT2D eigenvalue weighted by Gasteiger charge is 2.27. The van der Waals surface area contributed by atoms with E-state index in [9.17, 15) is 18.4 Å². The Balaban J connectivity index is 1.42. The van der Waals surface area contributed by atoms with E-state index in [0.29, 0.717) is 6.54 Å². The molecule has 34 heavy (non-hydrogen) atoms. The van der Waals surface area contributed by atoms with Crippen LogP contribution in [0.1, 0.15) is 36.2 Å². The average Bonchev–Trinajstić information content (AvgIpc) is 2.80. The van der Waals surface area contributed by atoms with Gasteiger partial charge >= 0.3 is 0 Å². The SMILES string of the molecule is Cc1cccc(N2CCN(CCCNC(=O)[C@@H](NC(=O)c3c(F)cccc3F)C(C)C)CC2)c1. The molecule has 0 unspecified atom stereocenters. The summed E-state index contributed by atoms with van der Waals surface area (Å²) in [5, 5.41) is 5.33. The van der Waals surface area contributed by atoms with E-state index >= 15 is 0 Å². The van der Waals surface area contributed by atoms with E-state index in [1.54, 1.807) is 13.8 Å². The number of piperazine rings is 1. The number of hydrogen-bond acceptors (Lipinski definition) is 4. The van der Waals surface area contributed by atoms with Crippen LogP contribution in [-0.2, 0) is 4.79 Å². The largest absolute Gasteiger partial charge is 0.369 e. The van der Waals surface area contributed by atoms with Crippen LogP contribution in [0.15, 0.2) is 42.5 Å². The van der Waals surface area contributed by atoms with Crippen molar-refractivity contribution in [2.24, 2.45) is 5.92 Å². The fourth-order valence-electron chi connectivity index (χ4n) is 4.14. The number of halogens is 2. The van der Waals surface area contributed by atoms with Gasteiger partial charge in [0.1, 0.15) is 23.2 Å². The van der Waals surface area contributed by atoms with Gasteiger partial charge in [0.15, 0.2) is 0 Å². The quantitative estimate of drug-likeness (QED) is 0.550. The molecule has 0 aliphatic carbocycles. The molecule has 0 bridgehead atoms. The Bertz CT molecular complexity index is 970. The molecule has 2 N–H and O–H groups in total. The van der Waals surface area contributed by atoms with Crippen molar-refractivity contribution in [3.63, 3.8) is 0 Å². The second kappa shape index (κ2) is 11.9. The summed E-state index contributed by atoms with van der Waals surface area (Å²) in [4.78, 5) is 29.8. The normalized spacial score (nSPS) is 15.3. The van der Waals surface area contributed by atoms with Gasteiger partial charge in [-0.05, 0) is 55.6 Å². The van der Waals surface area contributed by atoms with Crippen molar-refractivity contribution in [3.8, 4) is 0 Å². The number of hydrogen-bond donors (Lipinski definition) is 2. The molecule has 1 saturated heterocycles. The highest BCUT2D eigenvalue weighted by atomic mass is 19.1. The monoisotopic (exact) mass is 472 g/mol. The van der Waals surface area contributed by atoms with E-state index in [4.69, 9.17) is 0 Å². The number of aryl methyl sites for hydroxylation is 1. The van der Waals surface area contributed by atoms with Crippen molar-refractivity contribution in [1.29, 1.82) is 0 Å². The number of rotatable bonds is 9. The van der Waals surface area contributed by atoms with Crippen molar-refractivity contribution in [1.82, 2.24) is 15.5 Å². The number of amides is 2. The summed E-state index contributed by atoms with van der Waals surface area (Å²) in [5.74, 6) is -3.44. The van der Waals surface area contributed by atoms with Crippen molar-refractivity contribution in [3.05, 3.63) is 65.2 Å². The Morgan fingerprint density at radius 3 is 2.26 bits per heavy atom. The predicted molar refractivity (Wildman–Crippen MR) is 130 cm³/mol. The Morgan fingerprint density at radius 2 is 1.65 bits per heavy atom. The molecule has 0 spiro atoms. The zero-order chi connectivity index (χ0) is 24.7. The van der Waals surface area contributed by atoms with Gasteiger partial charge < -0.3 is 15.5 Å². The van der Waals surface area contributed by atoms with E-state index in [1.165, 1.54) is 17.3 Å². The molecule has 1 aliphatic heterocycles. The molecular formula is C26H34F2N4O2. The lowest BCUT2D eigenvalue weighted by Crippen LogP contribution is -2.50. The lowest BCUT2D eigenvalue weighted by atomic mass is 10.0. The molecular weight excluding hydrogens is 438 g/mol. The van der Waals surface area contributed by atoms with Crippen LogP contribution >= 0.6 is 0 Å². The van der Waals surface area contributed by atoms with E-state index in [0.717, 1.165) is 51.3 Å². The minimum atomic E-state index is -0.956. The molecule has 1 aliphatic rings. The summed E-state index contributed by atoms with van der Waals surface area (Å²) in [5.41, 5.74) is 1.83. The molecule has 1 fully saturated rings. The molecule has 2 amide bonds. The van der Waals surface area contributed by atoms with Crippen LogP contribution in [0.4, 0.5) is 14.5 Å². The Morgan fingerprint density at radius 1 is 1.00 bits per heavy atom. The molecule has 184 valence electrons. The number of anilines is 1. The lowest BCUT2D eigenvalue weighted by molar-refractivity contribution is -0.123. The molecule has 1 atom stereocenters. The molecule has 1 heterocycles. The van der Waals surface area contributed by atoms with Gasteiger partial charge in [-0.1, -0.05) is 32.0 Å².